The Kier molecular flexibility index (Phi) is 6.25. The number of amides is 1. The summed E-state index contributed by atoms with van der Waals surface area (Å²) in [7, 11) is 1.59. The molecule has 9 heteroatoms. The van der Waals surface area contributed by atoms with Crippen LogP contribution in [0.15, 0.2) is 52.9 Å². The topological polar surface area (TPSA) is 76.1 Å². The van der Waals surface area contributed by atoms with E-state index < -0.39 is 11.1 Å². The van der Waals surface area contributed by atoms with Crippen molar-refractivity contribution in [3.05, 3.63) is 54.3 Å². The first-order chi connectivity index (χ1) is 13.1. The summed E-state index contributed by atoms with van der Waals surface area (Å²) in [6, 6.07) is 13.5. The zero-order valence-electron chi connectivity index (χ0n) is 14.6. The molecule has 0 aliphatic carbocycles. The van der Waals surface area contributed by atoms with Crippen molar-refractivity contribution >= 4 is 45.5 Å². The normalized spacial score (nSPS) is 11.7. The molecule has 2 N–H and O–H groups in total. The van der Waals surface area contributed by atoms with Gasteiger partial charge >= 0.3 is 0 Å². The van der Waals surface area contributed by atoms with Crippen molar-refractivity contribution in [1.82, 2.24) is 10.2 Å². The summed E-state index contributed by atoms with van der Waals surface area (Å²) < 4.78 is 19.6. The number of nitrogens with zero attached hydrogens (tertiary/aromatic N) is 2. The van der Waals surface area contributed by atoms with Gasteiger partial charge in [-0.05, 0) is 31.2 Å². The lowest BCUT2D eigenvalue weighted by Crippen LogP contribution is -2.22. The molecule has 0 spiro atoms. The van der Waals surface area contributed by atoms with Gasteiger partial charge < -0.3 is 15.4 Å². The Hall–Kier alpha value is -2.65. The molecule has 1 amide bonds. The van der Waals surface area contributed by atoms with E-state index in [9.17, 15) is 9.18 Å². The standard InChI is InChI=1S/C18H17FN4O2S2/c1-11(16(24)20-13-8-4-3-7-12(13)19)26-18-23-22-17(27-18)21-14-9-5-6-10-15(14)25-2/h3-11H,1-2H3,(H,20,24)(H,21,22). The number of thioether (sulfide) groups is 1. The minimum absolute atomic E-state index is 0.158. The average molecular weight is 404 g/mol. The molecule has 2 aromatic carbocycles. The predicted molar refractivity (Wildman–Crippen MR) is 107 cm³/mol. The van der Waals surface area contributed by atoms with Gasteiger partial charge in [-0.25, -0.2) is 4.39 Å². The lowest BCUT2D eigenvalue weighted by Gasteiger charge is -2.10. The van der Waals surface area contributed by atoms with Crippen LogP contribution < -0.4 is 15.4 Å². The fourth-order valence-corrected chi connectivity index (χ4v) is 4.08. The molecule has 1 heterocycles. The first-order valence-electron chi connectivity index (χ1n) is 8.02. The Bertz CT molecular complexity index is 935. The Morgan fingerprint density at radius 3 is 2.59 bits per heavy atom. The molecule has 1 aromatic heterocycles. The average Bonchev–Trinajstić information content (AvgIpc) is 3.10. The fourth-order valence-electron chi connectivity index (χ4n) is 2.17. The number of para-hydroxylation sites is 3. The number of hydrogen-bond donors (Lipinski definition) is 2. The van der Waals surface area contributed by atoms with E-state index in [1.807, 2.05) is 24.3 Å². The molecule has 1 atom stereocenters. The molecule has 27 heavy (non-hydrogen) atoms. The first-order valence-corrected chi connectivity index (χ1v) is 9.72. The molecule has 0 radical (unpaired) electrons. The maximum absolute atomic E-state index is 13.7. The molecule has 3 rings (SSSR count). The van der Waals surface area contributed by atoms with E-state index in [1.165, 1.54) is 35.2 Å². The largest absolute Gasteiger partial charge is 0.495 e. The van der Waals surface area contributed by atoms with Gasteiger partial charge in [0.2, 0.25) is 11.0 Å². The zero-order valence-corrected chi connectivity index (χ0v) is 16.2. The quantitative estimate of drug-likeness (QED) is 0.563. The first kappa shape index (κ1) is 19.1. The summed E-state index contributed by atoms with van der Waals surface area (Å²) in [6.45, 7) is 1.73. The van der Waals surface area contributed by atoms with Crippen molar-refractivity contribution in [3.8, 4) is 5.75 Å². The number of aromatic nitrogens is 2. The van der Waals surface area contributed by atoms with E-state index in [1.54, 1.807) is 26.2 Å². The number of anilines is 3. The molecule has 140 valence electrons. The minimum Gasteiger partial charge on any atom is -0.495 e. The summed E-state index contributed by atoms with van der Waals surface area (Å²) in [5.41, 5.74) is 0.934. The Morgan fingerprint density at radius 2 is 1.85 bits per heavy atom. The summed E-state index contributed by atoms with van der Waals surface area (Å²) in [4.78, 5) is 12.3. The molecule has 1 unspecified atom stereocenters. The van der Waals surface area contributed by atoms with Gasteiger partial charge in [-0.1, -0.05) is 47.4 Å². The van der Waals surface area contributed by atoms with Crippen LogP contribution in [0.2, 0.25) is 0 Å². The number of carbonyl (C=O) groups excluding carboxylic acids is 1. The van der Waals surface area contributed by atoms with Crippen LogP contribution in [-0.4, -0.2) is 28.5 Å². The second kappa shape index (κ2) is 8.83. The molecule has 0 fully saturated rings. The number of ether oxygens (including phenoxy) is 1. The van der Waals surface area contributed by atoms with Gasteiger partial charge in [0.25, 0.3) is 0 Å². The van der Waals surface area contributed by atoms with Crippen LogP contribution in [0, 0.1) is 5.82 Å². The van der Waals surface area contributed by atoms with Crippen LogP contribution in [0.1, 0.15) is 6.92 Å². The van der Waals surface area contributed by atoms with E-state index in [0.717, 1.165) is 5.69 Å². The SMILES string of the molecule is COc1ccccc1Nc1nnc(SC(C)C(=O)Nc2ccccc2F)s1. The summed E-state index contributed by atoms with van der Waals surface area (Å²) >= 11 is 2.58. The lowest BCUT2D eigenvalue weighted by molar-refractivity contribution is -0.115. The van der Waals surface area contributed by atoms with Crippen LogP contribution in [0.4, 0.5) is 20.9 Å². The summed E-state index contributed by atoms with van der Waals surface area (Å²) in [5, 5.41) is 14.0. The second-order valence-corrected chi connectivity index (χ2v) is 7.99. The van der Waals surface area contributed by atoms with E-state index in [-0.39, 0.29) is 11.6 Å². The number of carbonyl (C=O) groups is 1. The van der Waals surface area contributed by atoms with Gasteiger partial charge in [0.05, 0.1) is 23.7 Å². The number of nitrogens with one attached hydrogen (secondary N) is 2. The van der Waals surface area contributed by atoms with Crippen molar-refractivity contribution in [2.45, 2.75) is 16.5 Å². The van der Waals surface area contributed by atoms with Crippen molar-refractivity contribution in [2.75, 3.05) is 17.7 Å². The highest BCUT2D eigenvalue weighted by Gasteiger charge is 2.18. The van der Waals surface area contributed by atoms with E-state index in [0.29, 0.717) is 15.2 Å². The van der Waals surface area contributed by atoms with Crippen molar-refractivity contribution in [2.24, 2.45) is 0 Å². The van der Waals surface area contributed by atoms with Crippen LogP contribution in [0.5, 0.6) is 5.75 Å². The van der Waals surface area contributed by atoms with Crippen LogP contribution in [0.25, 0.3) is 0 Å². The van der Waals surface area contributed by atoms with Crippen molar-refractivity contribution < 1.29 is 13.9 Å². The lowest BCUT2D eigenvalue weighted by atomic mass is 10.3. The monoisotopic (exact) mass is 404 g/mol. The van der Waals surface area contributed by atoms with Gasteiger partial charge in [-0.15, -0.1) is 10.2 Å². The van der Waals surface area contributed by atoms with Gasteiger partial charge in [0.1, 0.15) is 11.6 Å². The molecule has 6 nitrogen and oxygen atoms in total. The van der Waals surface area contributed by atoms with Crippen molar-refractivity contribution in [3.63, 3.8) is 0 Å². The number of methoxy groups -OCH3 is 1. The molecule has 0 saturated carbocycles. The summed E-state index contributed by atoms with van der Waals surface area (Å²) in [6.07, 6.45) is 0. The van der Waals surface area contributed by atoms with Gasteiger partial charge in [-0.2, -0.15) is 0 Å². The number of halogens is 1. The van der Waals surface area contributed by atoms with Gasteiger partial charge in [0, 0.05) is 0 Å². The van der Waals surface area contributed by atoms with Gasteiger partial charge in [0.15, 0.2) is 4.34 Å². The number of benzene rings is 2. The fraction of sp³-hybridized carbons (Fsp3) is 0.167. The Morgan fingerprint density at radius 1 is 1.15 bits per heavy atom. The third-order valence-electron chi connectivity index (χ3n) is 3.53. The molecule has 0 aliphatic heterocycles. The number of hydrogen-bond acceptors (Lipinski definition) is 7. The highest BCUT2D eigenvalue weighted by atomic mass is 32.2. The highest BCUT2D eigenvalue weighted by molar-refractivity contribution is 8.02. The minimum atomic E-state index is -0.470. The highest BCUT2D eigenvalue weighted by Crippen LogP contribution is 2.33. The maximum Gasteiger partial charge on any atom is 0.237 e. The van der Waals surface area contributed by atoms with E-state index in [4.69, 9.17) is 4.74 Å². The molecule has 3 aromatic rings. The maximum atomic E-state index is 13.7. The Labute approximate surface area is 164 Å². The smallest absolute Gasteiger partial charge is 0.237 e. The molecular weight excluding hydrogens is 387 g/mol. The third kappa shape index (κ3) is 4.95. The summed E-state index contributed by atoms with van der Waals surface area (Å²) in [5.74, 6) is -0.0821. The molecular formula is C18H17FN4O2S2. The van der Waals surface area contributed by atoms with Crippen LogP contribution >= 0.6 is 23.1 Å². The molecule has 0 bridgehead atoms. The molecule has 0 aliphatic rings. The Balaban J connectivity index is 1.61. The molecule has 0 saturated heterocycles. The van der Waals surface area contributed by atoms with E-state index >= 15 is 0 Å². The number of rotatable bonds is 7. The third-order valence-corrected chi connectivity index (χ3v) is 5.56. The van der Waals surface area contributed by atoms with Crippen LogP contribution in [0.3, 0.4) is 0 Å². The van der Waals surface area contributed by atoms with Crippen LogP contribution in [-0.2, 0) is 4.79 Å². The predicted octanol–water partition coefficient (Wildman–Crippen LogP) is 4.55. The van der Waals surface area contributed by atoms with E-state index in [2.05, 4.69) is 20.8 Å². The second-order valence-electron chi connectivity index (χ2n) is 5.43. The van der Waals surface area contributed by atoms with Gasteiger partial charge in [-0.3, -0.25) is 4.79 Å². The van der Waals surface area contributed by atoms with Crippen molar-refractivity contribution in [1.29, 1.82) is 0 Å². The zero-order chi connectivity index (χ0) is 19.2.